The van der Waals surface area contributed by atoms with Gasteiger partial charge in [-0.25, -0.2) is 5.84 Å². The average molecular weight is 267 g/mol. The van der Waals surface area contributed by atoms with Gasteiger partial charge in [-0.05, 0) is 32.4 Å². The van der Waals surface area contributed by atoms with Gasteiger partial charge in [0.1, 0.15) is 0 Å². The number of carbonyl (C=O) groups excluding carboxylic acids is 1. The fourth-order valence-electron chi connectivity index (χ4n) is 2.02. The second-order valence-electron chi connectivity index (χ2n) is 4.83. The lowest BCUT2D eigenvalue weighted by molar-refractivity contribution is 0.0921. The van der Waals surface area contributed by atoms with Crippen LogP contribution in [0.4, 0.5) is 0 Å². The second kappa shape index (κ2) is 7.96. The molecule has 0 saturated heterocycles. The minimum absolute atomic E-state index is 0.312. The molecular formula is C14H25N3O2. The van der Waals surface area contributed by atoms with Crippen molar-refractivity contribution in [2.24, 2.45) is 5.84 Å². The number of nitrogens with zero attached hydrogens (tertiary/aromatic N) is 1. The van der Waals surface area contributed by atoms with E-state index in [2.05, 4.69) is 31.1 Å². The van der Waals surface area contributed by atoms with Gasteiger partial charge in [0.15, 0.2) is 5.76 Å². The summed E-state index contributed by atoms with van der Waals surface area (Å²) in [5, 5.41) is 0. The number of hydrogen-bond acceptors (Lipinski definition) is 4. The molecule has 0 fully saturated rings. The number of rotatable bonds is 8. The van der Waals surface area contributed by atoms with E-state index < -0.39 is 0 Å². The Labute approximate surface area is 115 Å². The third-order valence-corrected chi connectivity index (χ3v) is 3.47. The maximum absolute atomic E-state index is 11.6. The van der Waals surface area contributed by atoms with Crippen molar-refractivity contribution in [3.05, 3.63) is 23.7 Å². The summed E-state index contributed by atoms with van der Waals surface area (Å²) in [4.78, 5) is 14.0. The summed E-state index contributed by atoms with van der Waals surface area (Å²) in [7, 11) is 0. The number of nitrogen functional groups attached to an aromatic ring is 1. The molecule has 1 heterocycles. The van der Waals surface area contributed by atoms with E-state index in [1.54, 1.807) is 0 Å². The van der Waals surface area contributed by atoms with Crippen LogP contribution in [0.5, 0.6) is 0 Å². The number of hydrazine groups is 1. The Morgan fingerprint density at radius 3 is 2.84 bits per heavy atom. The summed E-state index contributed by atoms with van der Waals surface area (Å²) in [6, 6.07) is 2.32. The smallest absolute Gasteiger partial charge is 0.301 e. The lowest BCUT2D eigenvalue weighted by Crippen LogP contribution is -2.35. The molecule has 0 saturated carbocycles. The zero-order valence-corrected chi connectivity index (χ0v) is 12.1. The molecule has 1 rings (SSSR count). The van der Waals surface area contributed by atoms with Crippen LogP contribution in [0.15, 0.2) is 16.7 Å². The molecule has 1 aromatic heterocycles. The summed E-state index contributed by atoms with van der Waals surface area (Å²) >= 11 is 0. The van der Waals surface area contributed by atoms with Crippen LogP contribution in [0.3, 0.4) is 0 Å². The van der Waals surface area contributed by atoms with Crippen molar-refractivity contribution in [3.63, 3.8) is 0 Å². The van der Waals surface area contributed by atoms with E-state index in [1.807, 2.05) is 6.07 Å². The molecule has 0 aromatic carbocycles. The van der Waals surface area contributed by atoms with Crippen molar-refractivity contribution in [1.82, 2.24) is 10.3 Å². The van der Waals surface area contributed by atoms with E-state index in [4.69, 9.17) is 10.3 Å². The van der Waals surface area contributed by atoms with Crippen LogP contribution in [-0.4, -0.2) is 23.4 Å². The Balaban J connectivity index is 2.78. The molecule has 0 radical (unpaired) electrons. The van der Waals surface area contributed by atoms with Gasteiger partial charge in [-0.1, -0.05) is 20.3 Å². The van der Waals surface area contributed by atoms with Crippen molar-refractivity contribution in [1.29, 1.82) is 0 Å². The number of nitrogens with one attached hydrogen (secondary N) is 1. The summed E-state index contributed by atoms with van der Waals surface area (Å²) in [5.41, 5.74) is 3.00. The lowest BCUT2D eigenvalue weighted by atomic mass is 10.1. The molecule has 1 atom stereocenters. The highest BCUT2D eigenvalue weighted by atomic mass is 16.3. The predicted molar refractivity (Wildman–Crippen MR) is 75.4 cm³/mol. The van der Waals surface area contributed by atoms with Gasteiger partial charge in [0, 0.05) is 18.2 Å². The van der Waals surface area contributed by atoms with E-state index in [9.17, 15) is 4.79 Å². The van der Waals surface area contributed by atoms with Crippen LogP contribution in [-0.2, 0) is 6.54 Å². The molecular weight excluding hydrogens is 242 g/mol. The van der Waals surface area contributed by atoms with Crippen LogP contribution in [0, 0.1) is 0 Å². The molecule has 1 amide bonds. The SMILES string of the molecule is CCCCN(Cc1ccoc1C(=O)NN)C(C)CC. The van der Waals surface area contributed by atoms with Crippen LogP contribution in [0.1, 0.15) is 56.2 Å². The highest BCUT2D eigenvalue weighted by Crippen LogP contribution is 2.16. The predicted octanol–water partition coefficient (Wildman–Crippen LogP) is 2.28. The monoisotopic (exact) mass is 267 g/mol. The third-order valence-electron chi connectivity index (χ3n) is 3.47. The van der Waals surface area contributed by atoms with E-state index in [0.29, 0.717) is 18.3 Å². The van der Waals surface area contributed by atoms with Crippen molar-refractivity contribution in [2.45, 2.75) is 52.6 Å². The molecule has 3 N–H and O–H groups in total. The maximum Gasteiger partial charge on any atom is 0.301 e. The molecule has 1 aromatic rings. The third kappa shape index (κ3) is 4.36. The number of amides is 1. The molecule has 19 heavy (non-hydrogen) atoms. The Bertz CT molecular complexity index is 390. The Morgan fingerprint density at radius 1 is 1.53 bits per heavy atom. The number of furan rings is 1. The minimum atomic E-state index is -0.375. The normalized spacial score (nSPS) is 12.7. The van der Waals surface area contributed by atoms with Gasteiger partial charge in [-0.2, -0.15) is 0 Å². The highest BCUT2D eigenvalue weighted by Gasteiger charge is 2.19. The van der Waals surface area contributed by atoms with Crippen molar-refractivity contribution < 1.29 is 9.21 Å². The van der Waals surface area contributed by atoms with E-state index in [0.717, 1.165) is 31.4 Å². The first-order valence-electron chi connectivity index (χ1n) is 6.95. The van der Waals surface area contributed by atoms with Gasteiger partial charge in [0.2, 0.25) is 0 Å². The quantitative estimate of drug-likeness (QED) is 0.430. The first kappa shape index (κ1) is 15.7. The maximum atomic E-state index is 11.6. The van der Waals surface area contributed by atoms with E-state index in [-0.39, 0.29) is 5.91 Å². The molecule has 5 nitrogen and oxygen atoms in total. The van der Waals surface area contributed by atoms with Gasteiger partial charge in [0.25, 0.3) is 0 Å². The topological polar surface area (TPSA) is 71.5 Å². The van der Waals surface area contributed by atoms with Crippen molar-refractivity contribution in [3.8, 4) is 0 Å². The second-order valence-corrected chi connectivity index (χ2v) is 4.83. The van der Waals surface area contributed by atoms with E-state index >= 15 is 0 Å². The fraction of sp³-hybridized carbons (Fsp3) is 0.643. The molecule has 0 spiro atoms. The number of unbranched alkanes of at least 4 members (excludes halogenated alkanes) is 1. The summed E-state index contributed by atoms with van der Waals surface area (Å²) in [6.45, 7) is 8.31. The fourth-order valence-corrected chi connectivity index (χ4v) is 2.02. The molecule has 0 aliphatic heterocycles. The molecule has 1 unspecified atom stereocenters. The van der Waals surface area contributed by atoms with Gasteiger partial charge in [-0.15, -0.1) is 0 Å². The summed E-state index contributed by atoms with van der Waals surface area (Å²) < 4.78 is 5.22. The van der Waals surface area contributed by atoms with Gasteiger partial charge in [-0.3, -0.25) is 15.1 Å². The van der Waals surface area contributed by atoms with Gasteiger partial charge < -0.3 is 4.42 Å². The van der Waals surface area contributed by atoms with Crippen LogP contribution < -0.4 is 11.3 Å². The number of hydrogen-bond donors (Lipinski definition) is 2. The lowest BCUT2D eigenvalue weighted by Gasteiger charge is -2.28. The molecule has 0 aliphatic rings. The van der Waals surface area contributed by atoms with Crippen molar-refractivity contribution >= 4 is 5.91 Å². The number of nitrogens with two attached hydrogens (primary N) is 1. The van der Waals surface area contributed by atoms with Crippen LogP contribution in [0.25, 0.3) is 0 Å². The molecule has 0 aliphatic carbocycles. The first-order valence-corrected chi connectivity index (χ1v) is 6.95. The van der Waals surface area contributed by atoms with Gasteiger partial charge in [0.05, 0.1) is 6.26 Å². The Hall–Kier alpha value is -1.33. The zero-order chi connectivity index (χ0) is 14.3. The zero-order valence-electron chi connectivity index (χ0n) is 12.1. The summed E-state index contributed by atoms with van der Waals surface area (Å²) in [5.74, 6) is 5.09. The molecule has 5 heteroatoms. The van der Waals surface area contributed by atoms with Crippen LogP contribution in [0.2, 0.25) is 0 Å². The van der Waals surface area contributed by atoms with Crippen LogP contribution >= 0.6 is 0 Å². The number of carbonyl (C=O) groups is 1. The van der Waals surface area contributed by atoms with E-state index in [1.165, 1.54) is 6.26 Å². The summed E-state index contributed by atoms with van der Waals surface area (Å²) in [6.07, 6.45) is 4.93. The molecule has 108 valence electrons. The van der Waals surface area contributed by atoms with Crippen molar-refractivity contribution in [2.75, 3.05) is 6.54 Å². The Morgan fingerprint density at radius 2 is 2.26 bits per heavy atom. The Kier molecular flexibility index (Phi) is 6.59. The first-order chi connectivity index (χ1) is 9.13. The largest absolute Gasteiger partial charge is 0.459 e. The van der Waals surface area contributed by atoms with Gasteiger partial charge >= 0.3 is 5.91 Å². The molecule has 0 bridgehead atoms. The minimum Gasteiger partial charge on any atom is -0.459 e. The average Bonchev–Trinajstić information content (AvgIpc) is 2.89. The highest BCUT2D eigenvalue weighted by molar-refractivity contribution is 5.92. The standard InChI is InChI=1S/C14H25N3O2/c1-4-6-8-17(11(3)5-2)10-12-7-9-19-13(12)14(18)16-15/h7,9,11H,4-6,8,10,15H2,1-3H3,(H,16,18).